The minimum Gasteiger partial charge on any atom is -0.463 e. The average molecular weight is 394 g/mol. The quantitative estimate of drug-likeness (QED) is 0.539. The Labute approximate surface area is 163 Å². The number of rotatable bonds is 6. The predicted molar refractivity (Wildman–Crippen MR) is 102 cm³/mol. The molecule has 1 N–H and O–H groups in total. The number of nitrogens with zero attached hydrogens (tertiary/aromatic N) is 3. The van der Waals surface area contributed by atoms with E-state index in [-0.39, 0.29) is 25.0 Å². The number of hydrogen-bond donors (Lipinski definition) is 1. The van der Waals surface area contributed by atoms with Crippen molar-refractivity contribution in [2.45, 2.75) is 6.54 Å². The smallest absolute Gasteiger partial charge is 0.328 e. The van der Waals surface area contributed by atoms with E-state index in [1.807, 2.05) is 0 Å². The molecule has 0 unspecified atom stereocenters. The van der Waals surface area contributed by atoms with Gasteiger partial charge in [-0.15, -0.1) is 0 Å². The summed E-state index contributed by atoms with van der Waals surface area (Å²) in [5, 5.41) is 0. The van der Waals surface area contributed by atoms with Crippen LogP contribution in [0.5, 0.6) is 6.01 Å². The first-order valence-corrected chi connectivity index (χ1v) is 8.70. The molecule has 0 aliphatic carbocycles. The van der Waals surface area contributed by atoms with Crippen LogP contribution in [0, 0.1) is 5.82 Å². The number of benzene rings is 1. The van der Waals surface area contributed by atoms with E-state index >= 15 is 0 Å². The highest BCUT2D eigenvalue weighted by molar-refractivity contribution is 5.65. The number of aromatic nitrogens is 4. The Morgan fingerprint density at radius 3 is 2.59 bits per heavy atom. The summed E-state index contributed by atoms with van der Waals surface area (Å²) < 4.78 is 25.6. The second-order valence-electron chi connectivity index (χ2n) is 6.06. The maximum atomic E-state index is 13.2. The Balaban J connectivity index is 1.60. The van der Waals surface area contributed by atoms with Gasteiger partial charge in [-0.25, -0.2) is 9.18 Å². The molecule has 146 valence electrons. The lowest BCUT2D eigenvalue weighted by Crippen LogP contribution is -2.30. The summed E-state index contributed by atoms with van der Waals surface area (Å²) in [5.74, 6) is 0.175. The molecule has 0 aliphatic heterocycles. The molecule has 0 saturated carbocycles. The van der Waals surface area contributed by atoms with Gasteiger partial charge < -0.3 is 9.15 Å². The van der Waals surface area contributed by atoms with Crippen LogP contribution in [0.4, 0.5) is 4.39 Å². The summed E-state index contributed by atoms with van der Waals surface area (Å²) in [5.41, 5.74) is 0.718. The molecule has 4 aromatic rings. The van der Waals surface area contributed by atoms with Gasteiger partial charge in [0.2, 0.25) is 0 Å². The Hall–Kier alpha value is -4.01. The lowest BCUT2D eigenvalue weighted by Gasteiger charge is -2.09. The van der Waals surface area contributed by atoms with E-state index in [0.717, 1.165) is 0 Å². The molecule has 9 heteroatoms. The van der Waals surface area contributed by atoms with Crippen LogP contribution in [0.15, 0.2) is 75.0 Å². The normalized spacial score (nSPS) is 10.8. The van der Waals surface area contributed by atoms with E-state index in [4.69, 9.17) is 9.15 Å². The lowest BCUT2D eigenvalue weighted by atomic mass is 10.1. The van der Waals surface area contributed by atoms with Crippen LogP contribution in [0.1, 0.15) is 0 Å². The fraction of sp³-hybridized carbons (Fsp3) is 0.100. The maximum Gasteiger partial charge on any atom is 0.328 e. The van der Waals surface area contributed by atoms with Gasteiger partial charge >= 0.3 is 11.7 Å². The van der Waals surface area contributed by atoms with E-state index in [0.29, 0.717) is 22.7 Å². The standard InChI is InChI=1S/C20H15FN4O4/c21-14-5-3-13(4-6-14)15-12-16(17-2-1-10-28-17)23-19(22-15)29-11-9-25-8-7-18(26)24-20(25)27/h1-8,10,12H,9,11H2,(H,24,26,27). The number of H-pyrrole nitrogens is 1. The first-order valence-electron chi connectivity index (χ1n) is 8.70. The van der Waals surface area contributed by atoms with Crippen LogP contribution in [-0.4, -0.2) is 26.1 Å². The van der Waals surface area contributed by atoms with Gasteiger partial charge in [0.15, 0.2) is 5.76 Å². The van der Waals surface area contributed by atoms with E-state index in [9.17, 15) is 14.0 Å². The fourth-order valence-electron chi connectivity index (χ4n) is 2.66. The van der Waals surface area contributed by atoms with Gasteiger partial charge in [-0.2, -0.15) is 9.97 Å². The van der Waals surface area contributed by atoms with Crippen molar-refractivity contribution in [3.05, 3.63) is 87.6 Å². The van der Waals surface area contributed by atoms with Gasteiger partial charge in [0.1, 0.15) is 18.1 Å². The lowest BCUT2D eigenvalue weighted by molar-refractivity contribution is 0.273. The third-order valence-electron chi connectivity index (χ3n) is 4.08. The van der Waals surface area contributed by atoms with E-state index in [2.05, 4.69) is 15.0 Å². The fourth-order valence-corrected chi connectivity index (χ4v) is 2.66. The Morgan fingerprint density at radius 1 is 1.07 bits per heavy atom. The molecule has 0 aliphatic rings. The molecule has 0 bridgehead atoms. The predicted octanol–water partition coefficient (Wildman–Crippen LogP) is 2.47. The molecule has 1 aromatic carbocycles. The monoisotopic (exact) mass is 394 g/mol. The minimum atomic E-state index is -0.529. The molecule has 3 aromatic heterocycles. The maximum absolute atomic E-state index is 13.2. The highest BCUT2D eigenvalue weighted by Gasteiger charge is 2.12. The topological polar surface area (TPSA) is 103 Å². The van der Waals surface area contributed by atoms with Crippen LogP contribution < -0.4 is 16.0 Å². The van der Waals surface area contributed by atoms with Gasteiger partial charge in [0, 0.05) is 17.8 Å². The van der Waals surface area contributed by atoms with Crippen molar-refractivity contribution in [1.82, 2.24) is 19.5 Å². The van der Waals surface area contributed by atoms with Gasteiger partial charge in [0.25, 0.3) is 5.56 Å². The summed E-state index contributed by atoms with van der Waals surface area (Å²) in [6.07, 6.45) is 2.91. The van der Waals surface area contributed by atoms with Gasteiger partial charge in [-0.1, -0.05) is 0 Å². The van der Waals surface area contributed by atoms with E-state index in [1.54, 1.807) is 30.3 Å². The Morgan fingerprint density at radius 2 is 1.86 bits per heavy atom. The molecule has 3 heterocycles. The van der Waals surface area contributed by atoms with Crippen molar-refractivity contribution in [2.75, 3.05) is 6.61 Å². The van der Waals surface area contributed by atoms with Crippen LogP contribution in [0.3, 0.4) is 0 Å². The van der Waals surface area contributed by atoms with Crippen LogP contribution in [-0.2, 0) is 6.54 Å². The number of nitrogens with one attached hydrogen (secondary N) is 1. The molecule has 0 saturated heterocycles. The number of hydrogen-bond acceptors (Lipinski definition) is 6. The summed E-state index contributed by atoms with van der Waals surface area (Å²) in [4.78, 5) is 33.7. The third kappa shape index (κ3) is 4.29. The van der Waals surface area contributed by atoms with Crippen LogP contribution in [0.2, 0.25) is 0 Å². The summed E-state index contributed by atoms with van der Waals surface area (Å²) in [6.45, 7) is 0.284. The molecule has 0 atom stereocenters. The largest absolute Gasteiger partial charge is 0.463 e. The minimum absolute atomic E-state index is 0.0794. The molecule has 0 spiro atoms. The SMILES string of the molecule is O=c1ccn(CCOc2nc(-c3ccc(F)cc3)cc(-c3ccco3)n2)c(=O)[nH]1. The number of ether oxygens (including phenoxy) is 1. The second kappa shape index (κ2) is 7.93. The van der Waals surface area contributed by atoms with Crippen molar-refractivity contribution in [3.63, 3.8) is 0 Å². The van der Waals surface area contributed by atoms with Crippen molar-refractivity contribution in [2.24, 2.45) is 0 Å². The summed E-state index contributed by atoms with van der Waals surface area (Å²) in [6, 6.07) is 12.4. The number of furan rings is 1. The van der Waals surface area contributed by atoms with Crippen molar-refractivity contribution in [3.8, 4) is 28.7 Å². The molecule has 0 fully saturated rings. The van der Waals surface area contributed by atoms with Crippen molar-refractivity contribution in [1.29, 1.82) is 0 Å². The third-order valence-corrected chi connectivity index (χ3v) is 4.08. The Bertz CT molecular complexity index is 1230. The molecule has 8 nitrogen and oxygen atoms in total. The molecule has 29 heavy (non-hydrogen) atoms. The van der Waals surface area contributed by atoms with E-state index in [1.165, 1.54) is 35.2 Å². The van der Waals surface area contributed by atoms with Gasteiger partial charge in [0.05, 0.1) is 18.5 Å². The summed E-state index contributed by atoms with van der Waals surface area (Å²) in [7, 11) is 0. The zero-order valence-electron chi connectivity index (χ0n) is 15.0. The van der Waals surface area contributed by atoms with Gasteiger partial charge in [-0.3, -0.25) is 14.3 Å². The van der Waals surface area contributed by atoms with Crippen molar-refractivity contribution >= 4 is 0 Å². The average Bonchev–Trinajstić information content (AvgIpc) is 3.25. The number of aromatic amines is 1. The highest BCUT2D eigenvalue weighted by atomic mass is 19.1. The zero-order chi connectivity index (χ0) is 20.2. The second-order valence-corrected chi connectivity index (χ2v) is 6.06. The first kappa shape index (κ1) is 18.4. The first-order chi connectivity index (χ1) is 14.1. The van der Waals surface area contributed by atoms with Crippen LogP contribution in [0.25, 0.3) is 22.7 Å². The zero-order valence-corrected chi connectivity index (χ0v) is 15.0. The Kier molecular flexibility index (Phi) is 5.02. The molecular formula is C20H15FN4O4. The number of halogens is 1. The van der Waals surface area contributed by atoms with E-state index < -0.39 is 11.2 Å². The van der Waals surface area contributed by atoms with Crippen LogP contribution >= 0.6 is 0 Å². The molecule has 0 amide bonds. The highest BCUT2D eigenvalue weighted by Crippen LogP contribution is 2.26. The molecular weight excluding hydrogens is 379 g/mol. The van der Waals surface area contributed by atoms with Crippen molar-refractivity contribution < 1.29 is 13.5 Å². The summed E-state index contributed by atoms with van der Waals surface area (Å²) >= 11 is 0. The van der Waals surface area contributed by atoms with Gasteiger partial charge in [-0.05, 0) is 42.5 Å². The molecule has 0 radical (unpaired) electrons. The molecule has 4 rings (SSSR count).